The Balaban J connectivity index is 2.01. The van der Waals surface area contributed by atoms with Crippen molar-refractivity contribution >= 4 is 68.3 Å². The minimum absolute atomic E-state index is 0.0752. The van der Waals surface area contributed by atoms with Crippen LogP contribution in [0.4, 0.5) is 0 Å². The molecule has 0 N–H and O–H groups in total. The third-order valence-corrected chi connectivity index (χ3v) is 10.5. The third-order valence-electron chi connectivity index (χ3n) is 9.53. The van der Waals surface area contributed by atoms with Gasteiger partial charge in [-0.15, -0.1) is 0 Å². The minimum Gasteiger partial charge on any atom is -0.490 e. The Hall–Kier alpha value is -3.56. The lowest BCUT2D eigenvalue weighted by atomic mass is 9.87. The highest BCUT2D eigenvalue weighted by molar-refractivity contribution is 7.81. The Labute approximate surface area is 356 Å². The maximum absolute atomic E-state index is 6.81. The van der Waals surface area contributed by atoms with Crippen LogP contribution in [0.15, 0.2) is 48.5 Å². The molecule has 0 spiro atoms. The van der Waals surface area contributed by atoms with Crippen LogP contribution in [-0.2, 0) is 25.7 Å². The Morgan fingerprint density at radius 2 is 0.482 bits per heavy atom. The molecule has 5 rings (SSSR count). The average molecular weight is 825 g/mol. The largest absolute Gasteiger partial charge is 0.490 e. The van der Waals surface area contributed by atoms with Gasteiger partial charge in [0, 0.05) is 45.1 Å². The van der Waals surface area contributed by atoms with Crippen LogP contribution < -0.4 is 18.9 Å². The zero-order valence-electron chi connectivity index (χ0n) is 35.0. The average Bonchev–Trinajstić information content (AvgIpc) is 3.08. The van der Waals surface area contributed by atoms with Crippen molar-refractivity contribution in [1.29, 1.82) is 0 Å². The number of hydrogen-bond donors (Lipinski definition) is 0. The summed E-state index contributed by atoms with van der Waals surface area (Å²) in [4.78, 5) is 3.24. The molecule has 4 aromatic carbocycles. The van der Waals surface area contributed by atoms with Gasteiger partial charge >= 0.3 is 0 Å². The molecule has 0 unspecified atom stereocenters. The van der Waals surface area contributed by atoms with Crippen molar-refractivity contribution in [3.63, 3.8) is 0 Å². The Morgan fingerprint density at radius 1 is 0.339 bits per heavy atom. The monoisotopic (exact) mass is 824 g/mol. The first-order valence-corrected chi connectivity index (χ1v) is 21.3. The van der Waals surface area contributed by atoms with Crippen LogP contribution in [0.25, 0.3) is 0 Å². The summed E-state index contributed by atoms with van der Waals surface area (Å²) in [7, 11) is 0. The van der Waals surface area contributed by atoms with Crippen LogP contribution in [0.5, 0.6) is 23.0 Å². The molecule has 0 aromatic heterocycles. The summed E-state index contributed by atoms with van der Waals surface area (Å²) in [5, 5.41) is 0. The van der Waals surface area contributed by atoms with Gasteiger partial charge in [-0.2, -0.15) is 0 Å². The van der Waals surface area contributed by atoms with E-state index in [2.05, 4.69) is 104 Å². The zero-order valence-corrected chi connectivity index (χ0v) is 38.3. The van der Waals surface area contributed by atoms with E-state index in [0.29, 0.717) is 25.7 Å². The Bertz CT molecular complexity index is 1790. The maximum atomic E-state index is 6.81. The second-order valence-electron chi connectivity index (χ2n) is 16.1. The molecular formula is C48H56O4S4. The normalized spacial score (nSPS) is 12.6. The standard InChI is InChI=1S/C48H56O4S4/c1-25(2)49-45-37-13-33(29(9)53)14-38(45)22-40-16-35(31(11)55)18-42(47(40)51-27(5)6)24-44-20-36(32(12)56)19-43(48(44)52-28(7)8)23-41-17-34(30(10)54)15-39(21-37)46(41)50-26(3)4/h13-20,25-28H,21-24H2,1-12H3. The fourth-order valence-corrected chi connectivity index (χ4v) is 7.72. The van der Waals surface area contributed by atoms with Crippen molar-refractivity contribution in [2.75, 3.05) is 0 Å². The molecule has 4 nitrogen and oxygen atoms in total. The zero-order chi connectivity index (χ0) is 41.2. The van der Waals surface area contributed by atoms with E-state index in [-0.39, 0.29) is 24.4 Å². The molecule has 0 atom stereocenters. The van der Waals surface area contributed by atoms with Crippen LogP contribution in [0, 0.1) is 0 Å². The van der Waals surface area contributed by atoms with Crippen LogP contribution in [0.2, 0.25) is 0 Å². The highest BCUT2D eigenvalue weighted by Crippen LogP contribution is 2.42. The highest BCUT2D eigenvalue weighted by atomic mass is 32.1. The van der Waals surface area contributed by atoms with E-state index >= 15 is 0 Å². The van der Waals surface area contributed by atoms with Crippen LogP contribution in [-0.4, -0.2) is 43.9 Å². The molecule has 0 amide bonds. The summed E-state index contributed by atoms with van der Waals surface area (Å²) >= 11 is 23.5. The van der Waals surface area contributed by atoms with E-state index in [1.165, 1.54) is 0 Å². The lowest BCUT2D eigenvalue weighted by Gasteiger charge is -2.26. The number of rotatable bonds is 12. The molecule has 0 aliphatic heterocycles. The summed E-state index contributed by atoms with van der Waals surface area (Å²) < 4.78 is 27.3. The number of thiocarbonyl (C=S) groups is 4. The van der Waals surface area contributed by atoms with Gasteiger partial charge in [-0.05, 0) is 198 Å². The quantitative estimate of drug-likeness (QED) is 0.0910. The fourth-order valence-electron chi connectivity index (χ4n) is 7.25. The van der Waals surface area contributed by atoms with Gasteiger partial charge in [0.2, 0.25) is 0 Å². The van der Waals surface area contributed by atoms with Gasteiger partial charge in [0.05, 0.1) is 24.4 Å². The van der Waals surface area contributed by atoms with E-state index < -0.39 is 0 Å². The van der Waals surface area contributed by atoms with Gasteiger partial charge in [0.15, 0.2) is 0 Å². The number of fused-ring (bicyclic) bond motifs is 8. The van der Waals surface area contributed by atoms with E-state index in [9.17, 15) is 0 Å². The second kappa shape index (κ2) is 18.4. The summed E-state index contributed by atoms with van der Waals surface area (Å²) in [5.74, 6) is 3.37. The topological polar surface area (TPSA) is 36.9 Å². The van der Waals surface area contributed by atoms with Crippen LogP contribution >= 0.6 is 48.9 Å². The van der Waals surface area contributed by atoms with Crippen molar-refractivity contribution < 1.29 is 18.9 Å². The molecule has 0 heterocycles. The third kappa shape index (κ3) is 10.5. The van der Waals surface area contributed by atoms with Gasteiger partial charge in [-0.3, -0.25) is 0 Å². The molecular weight excluding hydrogens is 769 g/mol. The Morgan fingerprint density at radius 3 is 0.589 bits per heavy atom. The van der Waals surface area contributed by atoms with E-state index in [4.69, 9.17) is 67.8 Å². The van der Waals surface area contributed by atoms with Gasteiger partial charge < -0.3 is 18.9 Å². The molecule has 8 bridgehead atoms. The molecule has 0 fully saturated rings. The first-order valence-electron chi connectivity index (χ1n) is 19.6. The predicted molar refractivity (Wildman–Crippen MR) is 250 cm³/mol. The first kappa shape index (κ1) is 43.6. The van der Waals surface area contributed by atoms with Crippen LogP contribution in [0.1, 0.15) is 150 Å². The van der Waals surface area contributed by atoms with Gasteiger partial charge in [-0.25, -0.2) is 0 Å². The maximum Gasteiger partial charge on any atom is 0.126 e. The smallest absolute Gasteiger partial charge is 0.126 e. The van der Waals surface area contributed by atoms with Crippen molar-refractivity contribution in [3.8, 4) is 23.0 Å². The molecule has 1 aliphatic carbocycles. The molecule has 0 radical (unpaired) electrons. The number of ether oxygens (including phenoxy) is 4. The van der Waals surface area contributed by atoms with Gasteiger partial charge in [-0.1, -0.05) is 48.9 Å². The van der Waals surface area contributed by atoms with E-state index in [0.717, 1.165) is 109 Å². The second-order valence-corrected chi connectivity index (χ2v) is 18.5. The molecule has 0 saturated carbocycles. The van der Waals surface area contributed by atoms with E-state index in [1.54, 1.807) is 0 Å². The highest BCUT2D eigenvalue weighted by Gasteiger charge is 2.26. The number of benzene rings is 4. The van der Waals surface area contributed by atoms with Crippen molar-refractivity contribution in [2.24, 2.45) is 0 Å². The molecule has 1 aliphatic rings. The summed E-state index contributed by atoms with van der Waals surface area (Å²) in [6.07, 6.45) is 1.85. The predicted octanol–water partition coefficient (Wildman–Crippen LogP) is 12.5. The van der Waals surface area contributed by atoms with Crippen molar-refractivity contribution in [1.82, 2.24) is 0 Å². The van der Waals surface area contributed by atoms with Crippen LogP contribution in [0.3, 0.4) is 0 Å². The lowest BCUT2D eigenvalue weighted by molar-refractivity contribution is 0.233. The van der Waals surface area contributed by atoms with Gasteiger partial charge in [0.25, 0.3) is 0 Å². The minimum atomic E-state index is -0.0752. The van der Waals surface area contributed by atoms with Crippen molar-refractivity contribution in [2.45, 2.75) is 133 Å². The number of hydrogen-bond acceptors (Lipinski definition) is 8. The summed E-state index contributed by atoms with van der Waals surface area (Å²) in [6.45, 7) is 24.5. The first-order chi connectivity index (χ1) is 26.3. The molecule has 56 heavy (non-hydrogen) atoms. The molecule has 8 heteroatoms. The van der Waals surface area contributed by atoms with E-state index in [1.807, 2.05) is 27.7 Å². The molecule has 0 saturated heterocycles. The van der Waals surface area contributed by atoms with Gasteiger partial charge in [0.1, 0.15) is 23.0 Å². The van der Waals surface area contributed by atoms with Crippen molar-refractivity contribution in [3.05, 3.63) is 115 Å². The fraction of sp³-hybridized carbons (Fsp3) is 0.417. The molecule has 296 valence electrons. The Kier molecular flexibility index (Phi) is 14.3. The lowest BCUT2D eigenvalue weighted by Crippen LogP contribution is -2.16. The summed E-state index contributed by atoms with van der Waals surface area (Å²) in [6, 6.07) is 17.5. The summed E-state index contributed by atoms with van der Waals surface area (Å²) in [5.41, 5.74) is 12.2. The molecule has 4 aromatic rings. The SMILES string of the molecule is CC(=S)c1cc2c(OC(C)C)c(c1)Cc1cc(C(C)=S)cc(c1OC(C)C)Cc1cc(C(C)=S)cc(c1OC(C)C)Cc1cc(C(C)=S)cc(c1OC(C)C)C2.